The molecule has 2 aliphatic heterocycles. The summed E-state index contributed by atoms with van der Waals surface area (Å²) in [6, 6.07) is -2.39. The van der Waals surface area contributed by atoms with Crippen molar-refractivity contribution in [1.29, 1.82) is 0 Å². The number of hydrogen-bond donors (Lipinski definition) is 4. The fourth-order valence-electron chi connectivity index (χ4n) is 3.74. The number of carbonyl (C=O) groups is 4. The van der Waals surface area contributed by atoms with E-state index in [1.165, 1.54) is 10.8 Å². The number of aliphatic hydroxyl groups excluding tert-OH is 1. The van der Waals surface area contributed by atoms with Gasteiger partial charge in [0.1, 0.15) is 18.2 Å². The molecule has 35 heavy (non-hydrogen) atoms. The van der Waals surface area contributed by atoms with E-state index in [9.17, 15) is 24.3 Å². The summed E-state index contributed by atoms with van der Waals surface area (Å²) in [5.41, 5.74) is 0. The molecule has 3 amide bonds. The lowest BCUT2D eigenvalue weighted by Gasteiger charge is -2.31. The van der Waals surface area contributed by atoms with E-state index in [0.29, 0.717) is 30.8 Å². The minimum Gasteiger partial charge on any atom is -0.457 e. The van der Waals surface area contributed by atoms with Crippen LogP contribution in [0.4, 0.5) is 0 Å². The Morgan fingerprint density at radius 1 is 1.14 bits per heavy atom. The largest absolute Gasteiger partial charge is 0.457 e. The van der Waals surface area contributed by atoms with E-state index in [4.69, 9.17) is 4.74 Å². The molecule has 1 fully saturated rings. The first-order chi connectivity index (χ1) is 16.7. The van der Waals surface area contributed by atoms with Gasteiger partial charge in [-0.25, -0.2) is 0 Å². The number of fused-ring (bicyclic) bond motifs is 7. The summed E-state index contributed by atoms with van der Waals surface area (Å²) in [4.78, 5) is 51.9. The average molecular weight is 548 g/mol. The minimum absolute atomic E-state index is 0.122. The fraction of sp³-hybridized carbons (Fsp3) is 0.739. The third-order valence-corrected chi connectivity index (χ3v) is 9.05. The summed E-state index contributed by atoms with van der Waals surface area (Å²) >= 11 is 1.55. The fourth-order valence-corrected chi connectivity index (χ4v) is 6.36. The molecule has 1 saturated heterocycles. The standard InChI is InChI=1S/C23H37N3O6S3/c1-4-14(2)21-18(27)12-20(29)32-15-7-5-6-9-34-35-13-17(23(31)26-21)25-22(30)16(8-10-33-3)24-19(28)11-15/h5,7,14-18,21,27H,4,6,8-13H2,1-3H3,(H,24,28)(H,25,30)(H,26,31)/b7-5+. The molecule has 2 bridgehead atoms. The van der Waals surface area contributed by atoms with Gasteiger partial charge >= 0.3 is 5.97 Å². The van der Waals surface area contributed by atoms with Crippen LogP contribution in [0.15, 0.2) is 12.2 Å². The lowest BCUT2D eigenvalue weighted by molar-refractivity contribution is -0.151. The second-order valence-corrected chi connectivity index (χ2v) is 12.3. The van der Waals surface area contributed by atoms with Crippen molar-refractivity contribution < 1.29 is 29.0 Å². The molecular formula is C23H37N3O6S3. The average Bonchev–Trinajstić information content (AvgIpc) is 2.81. The first kappa shape index (κ1) is 29.9. The lowest BCUT2D eigenvalue weighted by atomic mass is 9.92. The molecule has 0 spiro atoms. The van der Waals surface area contributed by atoms with E-state index in [1.807, 2.05) is 26.2 Å². The predicted molar refractivity (Wildman–Crippen MR) is 142 cm³/mol. The SMILES string of the molecule is CCC(C)C1NC(=O)C2CSSCC/C=C/C(CC(=O)NC(CCSC)C(=O)N2)OC(=O)CC1O. The molecular weight excluding hydrogens is 510 g/mol. The summed E-state index contributed by atoms with van der Waals surface area (Å²) in [6.07, 6.45) is 4.75. The molecule has 0 aromatic heterocycles. The Kier molecular flexibility index (Phi) is 13.4. The van der Waals surface area contributed by atoms with E-state index in [2.05, 4.69) is 16.0 Å². The second-order valence-electron chi connectivity index (χ2n) is 8.71. The number of rotatable bonds is 5. The van der Waals surface area contributed by atoms with Crippen LogP contribution < -0.4 is 16.0 Å². The highest BCUT2D eigenvalue weighted by Crippen LogP contribution is 2.24. The molecule has 0 aromatic carbocycles. The number of thioether (sulfide) groups is 1. The Morgan fingerprint density at radius 3 is 2.63 bits per heavy atom. The molecule has 2 aliphatic rings. The van der Waals surface area contributed by atoms with Crippen molar-refractivity contribution in [3.8, 4) is 0 Å². The van der Waals surface area contributed by atoms with E-state index >= 15 is 0 Å². The van der Waals surface area contributed by atoms with Gasteiger partial charge in [0, 0.05) is 11.5 Å². The van der Waals surface area contributed by atoms with Crippen LogP contribution in [0, 0.1) is 5.92 Å². The first-order valence-electron chi connectivity index (χ1n) is 11.9. The van der Waals surface area contributed by atoms with E-state index in [1.54, 1.807) is 28.6 Å². The number of hydrogen-bond acceptors (Lipinski definition) is 9. The molecule has 12 heteroatoms. The number of carbonyl (C=O) groups excluding carboxylic acids is 4. The third kappa shape index (κ3) is 10.3. The van der Waals surface area contributed by atoms with Gasteiger partial charge in [0.15, 0.2) is 0 Å². The molecule has 6 unspecified atom stereocenters. The topological polar surface area (TPSA) is 134 Å². The van der Waals surface area contributed by atoms with Gasteiger partial charge in [-0.3, -0.25) is 19.2 Å². The molecule has 0 saturated carbocycles. The Morgan fingerprint density at radius 2 is 1.91 bits per heavy atom. The van der Waals surface area contributed by atoms with Crippen molar-refractivity contribution in [3.63, 3.8) is 0 Å². The maximum absolute atomic E-state index is 13.3. The summed E-state index contributed by atoms with van der Waals surface area (Å²) in [5.74, 6) is -0.362. The summed E-state index contributed by atoms with van der Waals surface area (Å²) in [7, 11) is 3.05. The summed E-state index contributed by atoms with van der Waals surface area (Å²) < 4.78 is 5.54. The number of aliphatic hydroxyl groups is 1. The van der Waals surface area contributed by atoms with Crippen molar-refractivity contribution >= 4 is 57.0 Å². The highest BCUT2D eigenvalue weighted by Gasteiger charge is 2.34. The molecule has 0 aliphatic carbocycles. The molecule has 198 valence electrons. The molecule has 0 radical (unpaired) electrons. The molecule has 9 nitrogen and oxygen atoms in total. The quantitative estimate of drug-likeness (QED) is 0.230. The Bertz CT molecular complexity index is 769. The lowest BCUT2D eigenvalue weighted by Crippen LogP contribution is -2.58. The van der Waals surface area contributed by atoms with Gasteiger partial charge in [-0.2, -0.15) is 11.8 Å². The highest BCUT2D eigenvalue weighted by molar-refractivity contribution is 8.76. The Balaban J connectivity index is 2.46. The number of amides is 3. The first-order valence-corrected chi connectivity index (χ1v) is 15.8. The van der Waals surface area contributed by atoms with Crippen LogP contribution in [0.25, 0.3) is 0 Å². The van der Waals surface area contributed by atoms with E-state index < -0.39 is 54.0 Å². The van der Waals surface area contributed by atoms with Gasteiger partial charge in [-0.15, -0.1) is 0 Å². The summed E-state index contributed by atoms with van der Waals surface area (Å²) in [6.45, 7) is 3.82. The van der Waals surface area contributed by atoms with Crippen LogP contribution in [-0.2, 0) is 23.9 Å². The second kappa shape index (κ2) is 15.7. The summed E-state index contributed by atoms with van der Waals surface area (Å²) in [5, 5.41) is 19.3. The van der Waals surface area contributed by atoms with E-state index in [-0.39, 0.29) is 18.8 Å². The van der Waals surface area contributed by atoms with E-state index in [0.717, 1.165) is 5.75 Å². The maximum Gasteiger partial charge on any atom is 0.309 e. The zero-order valence-corrected chi connectivity index (χ0v) is 22.9. The number of ether oxygens (including phenoxy) is 1. The third-order valence-electron chi connectivity index (χ3n) is 5.96. The van der Waals surface area contributed by atoms with Crippen molar-refractivity contribution in [2.24, 2.45) is 5.92 Å². The smallest absolute Gasteiger partial charge is 0.309 e. The van der Waals surface area contributed by atoms with Crippen LogP contribution in [0.1, 0.15) is 46.0 Å². The van der Waals surface area contributed by atoms with Crippen molar-refractivity contribution in [2.45, 2.75) is 76.3 Å². The van der Waals surface area contributed by atoms with Crippen LogP contribution in [-0.4, -0.2) is 82.6 Å². The van der Waals surface area contributed by atoms with Crippen LogP contribution in [0.2, 0.25) is 0 Å². The van der Waals surface area contributed by atoms with Crippen LogP contribution >= 0.6 is 33.3 Å². The highest BCUT2D eigenvalue weighted by atomic mass is 33.1. The predicted octanol–water partition coefficient (Wildman–Crippen LogP) is 1.65. The molecule has 2 heterocycles. The molecule has 0 aromatic rings. The van der Waals surface area contributed by atoms with Crippen molar-refractivity contribution in [1.82, 2.24) is 16.0 Å². The zero-order chi connectivity index (χ0) is 25.8. The van der Waals surface area contributed by atoms with Crippen molar-refractivity contribution in [2.75, 3.05) is 23.5 Å². The van der Waals surface area contributed by atoms with Gasteiger partial charge in [0.05, 0.1) is 25.0 Å². The normalized spacial score (nSPS) is 31.5. The van der Waals surface area contributed by atoms with Crippen LogP contribution in [0.5, 0.6) is 0 Å². The molecule has 2 rings (SSSR count). The van der Waals surface area contributed by atoms with Gasteiger partial charge in [-0.1, -0.05) is 47.9 Å². The molecule has 4 N–H and O–H groups in total. The number of allylic oxidation sites excluding steroid dienone is 1. The van der Waals surface area contributed by atoms with Crippen molar-refractivity contribution in [3.05, 3.63) is 12.2 Å². The molecule has 6 atom stereocenters. The minimum atomic E-state index is -1.18. The Labute approximate surface area is 219 Å². The van der Waals surface area contributed by atoms with Gasteiger partial charge in [0.2, 0.25) is 17.7 Å². The van der Waals surface area contributed by atoms with Gasteiger partial charge in [-0.05, 0) is 36.8 Å². The monoisotopic (exact) mass is 547 g/mol. The van der Waals surface area contributed by atoms with Gasteiger partial charge < -0.3 is 25.8 Å². The van der Waals surface area contributed by atoms with Crippen LogP contribution in [0.3, 0.4) is 0 Å². The number of esters is 1. The Hall–Kier alpha value is -1.37. The zero-order valence-electron chi connectivity index (χ0n) is 20.5. The van der Waals surface area contributed by atoms with Gasteiger partial charge in [0.25, 0.3) is 0 Å². The number of nitrogens with one attached hydrogen (secondary N) is 3. The maximum atomic E-state index is 13.3.